The summed E-state index contributed by atoms with van der Waals surface area (Å²) in [5.41, 5.74) is 3.01. The summed E-state index contributed by atoms with van der Waals surface area (Å²) in [6.07, 6.45) is 6.49. The van der Waals surface area contributed by atoms with Crippen molar-refractivity contribution in [2.75, 3.05) is 24.5 Å². The van der Waals surface area contributed by atoms with E-state index >= 15 is 0 Å². The Balaban J connectivity index is 1.65. The van der Waals surface area contributed by atoms with Crippen LogP contribution in [0.1, 0.15) is 24.1 Å². The second-order valence-corrected chi connectivity index (χ2v) is 6.22. The SMILES string of the molecule is Cn1cncc1CN(CCNCC1CC1)c1ccc(C#N)cc1. The third kappa shape index (κ3) is 4.33. The molecule has 1 aliphatic rings. The van der Waals surface area contributed by atoms with Crippen LogP contribution in [0.4, 0.5) is 5.69 Å². The molecule has 0 amide bonds. The van der Waals surface area contributed by atoms with Gasteiger partial charge in [-0.3, -0.25) is 0 Å². The average molecular weight is 309 g/mol. The second kappa shape index (κ2) is 7.30. The molecule has 0 unspecified atom stereocenters. The summed E-state index contributed by atoms with van der Waals surface area (Å²) in [6.45, 7) is 3.85. The highest BCUT2D eigenvalue weighted by Gasteiger charge is 2.20. The number of hydrogen-bond donors (Lipinski definition) is 1. The summed E-state index contributed by atoms with van der Waals surface area (Å²) < 4.78 is 2.05. The Morgan fingerprint density at radius 2 is 2.13 bits per heavy atom. The average Bonchev–Trinajstić information content (AvgIpc) is 3.32. The van der Waals surface area contributed by atoms with E-state index in [1.807, 2.05) is 48.4 Å². The maximum atomic E-state index is 8.96. The van der Waals surface area contributed by atoms with Crippen LogP contribution in [0.2, 0.25) is 0 Å². The van der Waals surface area contributed by atoms with Crippen LogP contribution in [-0.4, -0.2) is 29.2 Å². The predicted molar refractivity (Wildman–Crippen MR) is 91.0 cm³/mol. The van der Waals surface area contributed by atoms with E-state index < -0.39 is 0 Å². The Morgan fingerprint density at radius 3 is 2.74 bits per heavy atom. The lowest BCUT2D eigenvalue weighted by molar-refractivity contribution is 0.617. The molecule has 0 aliphatic heterocycles. The standard InChI is InChI=1S/C18H23N5/c1-22-14-21-12-18(22)13-23(9-8-20-11-16-2-3-16)17-6-4-15(10-19)5-7-17/h4-7,12,14,16,20H,2-3,8-9,11,13H2,1H3. The highest BCUT2D eigenvalue weighted by Crippen LogP contribution is 2.27. The third-order valence-electron chi connectivity index (χ3n) is 4.32. The monoisotopic (exact) mass is 309 g/mol. The van der Waals surface area contributed by atoms with Gasteiger partial charge in [-0.15, -0.1) is 0 Å². The highest BCUT2D eigenvalue weighted by atomic mass is 15.2. The van der Waals surface area contributed by atoms with Gasteiger partial charge in [0.1, 0.15) is 0 Å². The highest BCUT2D eigenvalue weighted by molar-refractivity contribution is 5.49. The van der Waals surface area contributed by atoms with Crippen LogP contribution >= 0.6 is 0 Å². The Morgan fingerprint density at radius 1 is 1.35 bits per heavy atom. The van der Waals surface area contributed by atoms with Crippen molar-refractivity contribution in [3.63, 3.8) is 0 Å². The number of imidazole rings is 1. The summed E-state index contributed by atoms with van der Waals surface area (Å²) in [6, 6.07) is 9.98. The van der Waals surface area contributed by atoms with Gasteiger partial charge in [-0.1, -0.05) is 0 Å². The normalized spacial score (nSPS) is 13.7. The number of nitriles is 1. The van der Waals surface area contributed by atoms with Crippen molar-refractivity contribution in [2.24, 2.45) is 13.0 Å². The maximum Gasteiger partial charge on any atom is 0.0991 e. The van der Waals surface area contributed by atoms with Gasteiger partial charge in [0.25, 0.3) is 0 Å². The fraction of sp³-hybridized carbons (Fsp3) is 0.444. The van der Waals surface area contributed by atoms with E-state index in [-0.39, 0.29) is 0 Å². The molecular formula is C18H23N5. The van der Waals surface area contributed by atoms with Gasteiger partial charge in [0, 0.05) is 32.0 Å². The first-order valence-electron chi connectivity index (χ1n) is 8.17. The molecule has 2 aromatic rings. The predicted octanol–water partition coefficient (Wildman–Crippen LogP) is 2.30. The second-order valence-electron chi connectivity index (χ2n) is 6.22. The number of nitrogens with zero attached hydrogens (tertiary/aromatic N) is 4. The molecule has 0 bridgehead atoms. The van der Waals surface area contributed by atoms with Gasteiger partial charge in [-0.05, 0) is 49.6 Å². The van der Waals surface area contributed by atoms with Crippen molar-refractivity contribution in [3.8, 4) is 6.07 Å². The van der Waals surface area contributed by atoms with E-state index in [0.29, 0.717) is 5.56 Å². The van der Waals surface area contributed by atoms with E-state index in [4.69, 9.17) is 5.26 Å². The number of benzene rings is 1. The summed E-state index contributed by atoms with van der Waals surface area (Å²) in [7, 11) is 2.02. The van der Waals surface area contributed by atoms with Gasteiger partial charge < -0.3 is 14.8 Å². The first kappa shape index (κ1) is 15.6. The molecule has 120 valence electrons. The Bertz CT molecular complexity index is 663. The molecule has 5 nitrogen and oxygen atoms in total. The van der Waals surface area contributed by atoms with Crippen LogP contribution in [0, 0.1) is 17.2 Å². The van der Waals surface area contributed by atoms with Gasteiger partial charge in [0.2, 0.25) is 0 Å². The van der Waals surface area contributed by atoms with Gasteiger partial charge in [0.15, 0.2) is 0 Å². The van der Waals surface area contributed by atoms with E-state index in [2.05, 4.69) is 21.3 Å². The maximum absolute atomic E-state index is 8.96. The van der Waals surface area contributed by atoms with Crippen LogP contribution in [0.3, 0.4) is 0 Å². The number of aryl methyl sites for hydroxylation is 1. The van der Waals surface area contributed by atoms with Crippen LogP contribution in [0.15, 0.2) is 36.8 Å². The van der Waals surface area contributed by atoms with E-state index in [1.54, 1.807) is 0 Å². The molecule has 0 atom stereocenters. The zero-order chi connectivity index (χ0) is 16.1. The van der Waals surface area contributed by atoms with Gasteiger partial charge in [-0.2, -0.15) is 5.26 Å². The molecule has 1 N–H and O–H groups in total. The Labute approximate surface area is 137 Å². The Kier molecular flexibility index (Phi) is 4.94. The molecule has 1 aliphatic carbocycles. The minimum atomic E-state index is 0.695. The number of nitrogens with one attached hydrogen (secondary N) is 1. The molecule has 1 fully saturated rings. The summed E-state index contributed by atoms with van der Waals surface area (Å²) >= 11 is 0. The fourth-order valence-electron chi connectivity index (χ4n) is 2.62. The molecule has 0 saturated heterocycles. The lowest BCUT2D eigenvalue weighted by Gasteiger charge is -2.25. The molecule has 3 rings (SSSR count). The zero-order valence-corrected chi connectivity index (χ0v) is 13.6. The smallest absolute Gasteiger partial charge is 0.0991 e. The van der Waals surface area contributed by atoms with Gasteiger partial charge >= 0.3 is 0 Å². The zero-order valence-electron chi connectivity index (χ0n) is 13.6. The van der Waals surface area contributed by atoms with Crippen molar-refractivity contribution in [3.05, 3.63) is 48.0 Å². The molecule has 1 heterocycles. The molecule has 0 radical (unpaired) electrons. The van der Waals surface area contributed by atoms with E-state index in [9.17, 15) is 0 Å². The summed E-state index contributed by atoms with van der Waals surface area (Å²) in [5, 5.41) is 12.5. The number of anilines is 1. The van der Waals surface area contributed by atoms with Crippen LogP contribution in [0.25, 0.3) is 0 Å². The molecular weight excluding hydrogens is 286 g/mol. The van der Waals surface area contributed by atoms with Crippen molar-refractivity contribution >= 4 is 5.69 Å². The first-order valence-corrected chi connectivity index (χ1v) is 8.17. The summed E-state index contributed by atoms with van der Waals surface area (Å²) in [4.78, 5) is 6.53. The largest absolute Gasteiger partial charge is 0.364 e. The minimum absolute atomic E-state index is 0.695. The lowest BCUT2D eigenvalue weighted by atomic mass is 10.2. The van der Waals surface area contributed by atoms with E-state index in [1.165, 1.54) is 18.5 Å². The quantitative estimate of drug-likeness (QED) is 0.760. The van der Waals surface area contributed by atoms with Gasteiger partial charge in [0.05, 0.1) is 30.2 Å². The van der Waals surface area contributed by atoms with Crippen LogP contribution in [-0.2, 0) is 13.6 Å². The fourth-order valence-corrected chi connectivity index (χ4v) is 2.62. The Hall–Kier alpha value is -2.32. The molecule has 1 saturated carbocycles. The van der Waals surface area contributed by atoms with E-state index in [0.717, 1.165) is 37.8 Å². The number of aromatic nitrogens is 2. The van der Waals surface area contributed by atoms with Crippen molar-refractivity contribution in [1.82, 2.24) is 14.9 Å². The van der Waals surface area contributed by atoms with Crippen molar-refractivity contribution in [1.29, 1.82) is 5.26 Å². The molecule has 1 aromatic heterocycles. The first-order chi connectivity index (χ1) is 11.3. The van der Waals surface area contributed by atoms with Crippen LogP contribution in [0.5, 0.6) is 0 Å². The van der Waals surface area contributed by atoms with Crippen molar-refractivity contribution in [2.45, 2.75) is 19.4 Å². The third-order valence-corrected chi connectivity index (χ3v) is 4.32. The number of hydrogen-bond acceptors (Lipinski definition) is 4. The summed E-state index contributed by atoms with van der Waals surface area (Å²) in [5.74, 6) is 0.899. The van der Waals surface area contributed by atoms with Crippen LogP contribution < -0.4 is 10.2 Å². The molecule has 1 aromatic carbocycles. The minimum Gasteiger partial charge on any atom is -0.364 e. The van der Waals surface area contributed by atoms with Crippen molar-refractivity contribution < 1.29 is 0 Å². The molecule has 0 spiro atoms. The topological polar surface area (TPSA) is 56.9 Å². The molecule has 23 heavy (non-hydrogen) atoms. The lowest BCUT2D eigenvalue weighted by Crippen LogP contribution is -2.33. The molecule has 5 heteroatoms. The number of rotatable bonds is 8. The van der Waals surface area contributed by atoms with Gasteiger partial charge in [-0.25, -0.2) is 4.98 Å².